The van der Waals surface area contributed by atoms with Gasteiger partial charge in [0.1, 0.15) is 11.8 Å². The van der Waals surface area contributed by atoms with Crippen LogP contribution in [0.3, 0.4) is 0 Å². The standard InChI is InChI=1S/C19H21ClN2O2/c1-13(22-11-5-7-14-6-3-4-8-17(14)22)19(23)21-15-9-10-18(24-2)16(20)12-15/h3-4,6,8-10,12-13H,5,7,11H2,1-2H3,(H,21,23)/t13-/m1/s1. The molecule has 0 aliphatic carbocycles. The summed E-state index contributed by atoms with van der Waals surface area (Å²) in [6, 6.07) is 13.3. The van der Waals surface area contributed by atoms with Crippen LogP contribution in [0, 0.1) is 0 Å². The first kappa shape index (κ1) is 16.7. The van der Waals surface area contributed by atoms with Gasteiger partial charge in [0.2, 0.25) is 5.91 Å². The molecule has 1 N–H and O–H groups in total. The van der Waals surface area contributed by atoms with Crippen LogP contribution >= 0.6 is 11.6 Å². The number of anilines is 2. The Hall–Kier alpha value is -2.20. The zero-order chi connectivity index (χ0) is 17.1. The van der Waals surface area contributed by atoms with E-state index in [2.05, 4.69) is 22.3 Å². The maximum atomic E-state index is 12.7. The van der Waals surface area contributed by atoms with Crippen molar-refractivity contribution in [2.75, 3.05) is 23.9 Å². The Bertz CT molecular complexity index is 748. The number of nitrogens with zero attached hydrogens (tertiary/aromatic N) is 1. The lowest BCUT2D eigenvalue weighted by molar-refractivity contribution is -0.117. The Morgan fingerprint density at radius 1 is 1.29 bits per heavy atom. The molecule has 2 aromatic rings. The molecular weight excluding hydrogens is 324 g/mol. The number of amides is 1. The van der Waals surface area contributed by atoms with E-state index in [0.29, 0.717) is 16.5 Å². The van der Waals surface area contributed by atoms with Gasteiger partial charge < -0.3 is 15.0 Å². The zero-order valence-corrected chi connectivity index (χ0v) is 14.6. The molecule has 24 heavy (non-hydrogen) atoms. The normalized spacial score (nSPS) is 14.7. The van der Waals surface area contributed by atoms with E-state index in [4.69, 9.17) is 16.3 Å². The van der Waals surface area contributed by atoms with Crippen molar-refractivity contribution in [1.29, 1.82) is 0 Å². The Kier molecular flexibility index (Phi) is 4.95. The molecule has 5 heteroatoms. The first-order valence-corrected chi connectivity index (χ1v) is 8.47. The van der Waals surface area contributed by atoms with Gasteiger partial charge >= 0.3 is 0 Å². The van der Waals surface area contributed by atoms with Gasteiger partial charge in [0, 0.05) is 17.9 Å². The molecule has 3 rings (SSSR count). The van der Waals surface area contributed by atoms with Crippen molar-refractivity contribution in [3.63, 3.8) is 0 Å². The van der Waals surface area contributed by atoms with Crippen LogP contribution in [-0.4, -0.2) is 25.6 Å². The lowest BCUT2D eigenvalue weighted by atomic mass is 10.00. The number of para-hydroxylation sites is 1. The molecule has 0 saturated heterocycles. The zero-order valence-electron chi connectivity index (χ0n) is 13.9. The molecule has 4 nitrogen and oxygen atoms in total. The molecule has 1 aliphatic rings. The van der Waals surface area contributed by atoms with Gasteiger partial charge in [-0.25, -0.2) is 0 Å². The summed E-state index contributed by atoms with van der Waals surface area (Å²) in [5, 5.41) is 3.42. The van der Waals surface area contributed by atoms with Crippen molar-refractivity contribution in [3.05, 3.63) is 53.1 Å². The molecule has 0 aromatic heterocycles. The summed E-state index contributed by atoms with van der Waals surface area (Å²) >= 11 is 6.12. The van der Waals surface area contributed by atoms with Crippen LogP contribution in [0.1, 0.15) is 18.9 Å². The van der Waals surface area contributed by atoms with E-state index in [9.17, 15) is 4.79 Å². The highest BCUT2D eigenvalue weighted by Crippen LogP contribution is 2.30. The summed E-state index contributed by atoms with van der Waals surface area (Å²) in [5.74, 6) is 0.542. The fourth-order valence-electron chi connectivity index (χ4n) is 3.10. The quantitative estimate of drug-likeness (QED) is 0.906. The number of rotatable bonds is 4. The predicted molar refractivity (Wildman–Crippen MR) is 98.2 cm³/mol. The van der Waals surface area contributed by atoms with Crippen LogP contribution in [0.15, 0.2) is 42.5 Å². The number of aryl methyl sites for hydroxylation is 1. The largest absolute Gasteiger partial charge is 0.495 e. The summed E-state index contributed by atoms with van der Waals surface area (Å²) in [6.45, 7) is 2.82. The minimum atomic E-state index is -0.257. The minimum Gasteiger partial charge on any atom is -0.495 e. The number of carbonyl (C=O) groups is 1. The molecule has 0 radical (unpaired) electrons. The molecule has 1 heterocycles. The van der Waals surface area contributed by atoms with Gasteiger partial charge in [0.25, 0.3) is 0 Å². The second kappa shape index (κ2) is 7.14. The smallest absolute Gasteiger partial charge is 0.246 e. The summed E-state index contributed by atoms with van der Waals surface area (Å²) in [7, 11) is 1.56. The van der Waals surface area contributed by atoms with Gasteiger partial charge in [-0.1, -0.05) is 29.8 Å². The van der Waals surface area contributed by atoms with Crippen LogP contribution in [-0.2, 0) is 11.2 Å². The number of hydrogen-bond donors (Lipinski definition) is 1. The number of benzene rings is 2. The fraction of sp³-hybridized carbons (Fsp3) is 0.316. The van der Waals surface area contributed by atoms with E-state index in [-0.39, 0.29) is 11.9 Å². The van der Waals surface area contributed by atoms with Crippen LogP contribution < -0.4 is 15.0 Å². The number of fused-ring (bicyclic) bond motifs is 1. The van der Waals surface area contributed by atoms with E-state index >= 15 is 0 Å². The lowest BCUT2D eigenvalue weighted by Gasteiger charge is -2.35. The molecule has 0 bridgehead atoms. The second-order valence-electron chi connectivity index (χ2n) is 5.94. The van der Waals surface area contributed by atoms with Crippen molar-refractivity contribution in [2.24, 2.45) is 0 Å². The van der Waals surface area contributed by atoms with E-state index < -0.39 is 0 Å². The van der Waals surface area contributed by atoms with E-state index in [1.54, 1.807) is 25.3 Å². The molecule has 1 amide bonds. The van der Waals surface area contributed by atoms with Gasteiger partial charge in [-0.3, -0.25) is 4.79 Å². The van der Waals surface area contributed by atoms with Crippen LogP contribution in [0.25, 0.3) is 0 Å². The maximum absolute atomic E-state index is 12.7. The summed E-state index contributed by atoms with van der Waals surface area (Å²) in [4.78, 5) is 14.8. The van der Waals surface area contributed by atoms with Crippen LogP contribution in [0.2, 0.25) is 5.02 Å². The molecular formula is C19H21ClN2O2. The van der Waals surface area contributed by atoms with E-state index in [0.717, 1.165) is 25.1 Å². The number of hydrogen-bond acceptors (Lipinski definition) is 3. The van der Waals surface area contributed by atoms with Crippen molar-refractivity contribution < 1.29 is 9.53 Å². The summed E-state index contributed by atoms with van der Waals surface area (Å²) in [5.41, 5.74) is 3.12. The molecule has 0 spiro atoms. The van der Waals surface area contributed by atoms with Crippen LogP contribution in [0.4, 0.5) is 11.4 Å². The number of methoxy groups -OCH3 is 1. The van der Waals surface area contributed by atoms with Gasteiger partial charge in [-0.2, -0.15) is 0 Å². The van der Waals surface area contributed by atoms with Crippen molar-refractivity contribution >= 4 is 28.9 Å². The first-order chi connectivity index (χ1) is 11.6. The Morgan fingerprint density at radius 3 is 2.83 bits per heavy atom. The Morgan fingerprint density at radius 2 is 2.08 bits per heavy atom. The van der Waals surface area contributed by atoms with Crippen molar-refractivity contribution in [2.45, 2.75) is 25.8 Å². The SMILES string of the molecule is COc1ccc(NC(=O)[C@@H](C)N2CCCc3ccccc32)cc1Cl. The average Bonchev–Trinajstić information content (AvgIpc) is 2.60. The molecule has 1 atom stereocenters. The Balaban J connectivity index is 1.75. The van der Waals surface area contributed by atoms with Gasteiger partial charge in [-0.15, -0.1) is 0 Å². The van der Waals surface area contributed by atoms with E-state index in [1.165, 1.54) is 5.56 Å². The number of ether oxygens (including phenoxy) is 1. The first-order valence-electron chi connectivity index (χ1n) is 8.09. The molecule has 0 saturated carbocycles. The van der Waals surface area contributed by atoms with Gasteiger partial charge in [-0.05, 0) is 49.6 Å². The molecule has 2 aromatic carbocycles. The summed E-state index contributed by atoms with van der Waals surface area (Å²) < 4.78 is 5.13. The Labute approximate surface area is 147 Å². The third kappa shape index (κ3) is 3.34. The topological polar surface area (TPSA) is 41.6 Å². The monoisotopic (exact) mass is 344 g/mol. The average molecular weight is 345 g/mol. The number of nitrogens with one attached hydrogen (secondary N) is 1. The third-order valence-electron chi connectivity index (χ3n) is 4.41. The highest BCUT2D eigenvalue weighted by Gasteiger charge is 2.25. The number of carbonyl (C=O) groups excluding carboxylic acids is 1. The van der Waals surface area contributed by atoms with Crippen LogP contribution in [0.5, 0.6) is 5.75 Å². The number of halogens is 1. The fourth-order valence-corrected chi connectivity index (χ4v) is 3.36. The minimum absolute atomic E-state index is 0.0482. The van der Waals surface area contributed by atoms with Crippen molar-refractivity contribution in [3.8, 4) is 5.75 Å². The predicted octanol–water partition coefficient (Wildman–Crippen LogP) is 4.13. The van der Waals surface area contributed by atoms with E-state index in [1.807, 2.05) is 19.1 Å². The molecule has 0 unspecified atom stereocenters. The summed E-state index contributed by atoms with van der Waals surface area (Å²) in [6.07, 6.45) is 2.12. The molecule has 126 valence electrons. The highest BCUT2D eigenvalue weighted by atomic mass is 35.5. The van der Waals surface area contributed by atoms with Crippen molar-refractivity contribution in [1.82, 2.24) is 0 Å². The van der Waals surface area contributed by atoms with Gasteiger partial charge in [0.05, 0.1) is 12.1 Å². The maximum Gasteiger partial charge on any atom is 0.246 e. The second-order valence-corrected chi connectivity index (χ2v) is 6.35. The lowest BCUT2D eigenvalue weighted by Crippen LogP contribution is -2.44. The third-order valence-corrected chi connectivity index (χ3v) is 4.71. The molecule has 0 fully saturated rings. The van der Waals surface area contributed by atoms with Gasteiger partial charge in [0.15, 0.2) is 0 Å². The molecule has 1 aliphatic heterocycles. The highest BCUT2D eigenvalue weighted by molar-refractivity contribution is 6.32.